The molecule has 5 nitrogen and oxygen atoms in total. The molecular formula is C20H16N2O3. The molecule has 25 heavy (non-hydrogen) atoms. The maximum Gasteiger partial charge on any atom is 0.248 e. The monoisotopic (exact) mass is 332 g/mol. The quantitative estimate of drug-likeness (QED) is 0.739. The zero-order valence-corrected chi connectivity index (χ0v) is 13.7. The van der Waals surface area contributed by atoms with Crippen LogP contribution in [0.1, 0.15) is 11.3 Å². The molecule has 1 aromatic heterocycles. The number of para-hydroxylation sites is 1. The Labute approximate surface area is 144 Å². The van der Waals surface area contributed by atoms with Crippen molar-refractivity contribution in [3.8, 4) is 11.5 Å². The number of hydrogen-bond donors (Lipinski definition) is 1. The Balaban J connectivity index is 1.53. The fraction of sp³-hybridized carbons (Fsp3) is 0.100. The van der Waals surface area contributed by atoms with Crippen LogP contribution >= 0.6 is 0 Å². The van der Waals surface area contributed by atoms with Gasteiger partial charge in [0.2, 0.25) is 12.7 Å². The number of pyridine rings is 1. The van der Waals surface area contributed by atoms with Crippen LogP contribution in [-0.2, 0) is 4.79 Å². The van der Waals surface area contributed by atoms with Gasteiger partial charge in [0.1, 0.15) is 0 Å². The van der Waals surface area contributed by atoms with E-state index in [9.17, 15) is 4.79 Å². The highest BCUT2D eigenvalue weighted by atomic mass is 16.7. The molecule has 5 heteroatoms. The summed E-state index contributed by atoms with van der Waals surface area (Å²) in [6, 6.07) is 15.2. The lowest BCUT2D eigenvalue weighted by Gasteiger charge is -2.07. The highest BCUT2D eigenvalue weighted by molar-refractivity contribution is 6.06. The summed E-state index contributed by atoms with van der Waals surface area (Å²) >= 11 is 0. The normalized spacial score (nSPS) is 12.7. The number of aromatic nitrogens is 1. The lowest BCUT2D eigenvalue weighted by atomic mass is 10.1. The van der Waals surface area contributed by atoms with Crippen LogP contribution in [0.3, 0.4) is 0 Å². The number of fused-ring (bicyclic) bond motifs is 2. The number of hydrogen-bond acceptors (Lipinski definition) is 4. The first-order chi connectivity index (χ1) is 12.2. The molecule has 4 rings (SSSR count). The molecule has 0 saturated heterocycles. The summed E-state index contributed by atoms with van der Waals surface area (Å²) in [7, 11) is 0. The summed E-state index contributed by atoms with van der Waals surface area (Å²) in [4.78, 5) is 16.8. The van der Waals surface area contributed by atoms with Gasteiger partial charge < -0.3 is 14.8 Å². The van der Waals surface area contributed by atoms with E-state index in [1.807, 2.05) is 55.5 Å². The van der Waals surface area contributed by atoms with Crippen molar-refractivity contribution in [2.45, 2.75) is 6.92 Å². The third kappa shape index (κ3) is 3.17. The first-order valence-electron chi connectivity index (χ1n) is 7.94. The summed E-state index contributed by atoms with van der Waals surface area (Å²) < 4.78 is 10.6. The van der Waals surface area contributed by atoms with Crippen molar-refractivity contribution in [2.75, 3.05) is 12.1 Å². The van der Waals surface area contributed by atoms with Gasteiger partial charge in [-0.3, -0.25) is 9.78 Å². The Kier molecular flexibility index (Phi) is 3.82. The third-order valence-electron chi connectivity index (χ3n) is 3.94. The minimum atomic E-state index is -0.214. The number of aryl methyl sites for hydroxylation is 1. The molecule has 0 aliphatic carbocycles. The smallest absolute Gasteiger partial charge is 0.248 e. The summed E-state index contributed by atoms with van der Waals surface area (Å²) in [5.41, 5.74) is 3.25. The van der Waals surface area contributed by atoms with Gasteiger partial charge >= 0.3 is 0 Å². The summed E-state index contributed by atoms with van der Waals surface area (Å²) in [6.45, 7) is 2.16. The van der Waals surface area contributed by atoms with Gasteiger partial charge in [0, 0.05) is 17.2 Å². The molecule has 0 spiro atoms. The van der Waals surface area contributed by atoms with E-state index in [1.165, 1.54) is 6.08 Å². The average Bonchev–Trinajstić information content (AvgIpc) is 3.08. The molecule has 0 radical (unpaired) electrons. The molecule has 2 heterocycles. The Morgan fingerprint density at radius 3 is 2.92 bits per heavy atom. The first-order valence-corrected chi connectivity index (χ1v) is 7.94. The number of carbonyl (C=O) groups is 1. The average molecular weight is 332 g/mol. The van der Waals surface area contributed by atoms with Crippen molar-refractivity contribution in [1.29, 1.82) is 0 Å². The van der Waals surface area contributed by atoms with Crippen molar-refractivity contribution in [1.82, 2.24) is 4.98 Å². The van der Waals surface area contributed by atoms with E-state index < -0.39 is 0 Å². The van der Waals surface area contributed by atoms with Gasteiger partial charge in [-0.15, -0.1) is 0 Å². The van der Waals surface area contributed by atoms with Gasteiger partial charge in [-0.05, 0) is 42.8 Å². The number of ether oxygens (including phenoxy) is 2. The number of anilines is 1. The molecule has 1 N–H and O–H groups in total. The molecule has 0 atom stereocenters. The minimum absolute atomic E-state index is 0.214. The number of rotatable bonds is 3. The molecule has 0 saturated carbocycles. The van der Waals surface area contributed by atoms with Gasteiger partial charge in [0.25, 0.3) is 0 Å². The van der Waals surface area contributed by atoms with Crippen LogP contribution in [0.2, 0.25) is 0 Å². The van der Waals surface area contributed by atoms with Gasteiger partial charge in [-0.1, -0.05) is 24.3 Å². The van der Waals surface area contributed by atoms with E-state index in [2.05, 4.69) is 10.3 Å². The largest absolute Gasteiger partial charge is 0.454 e. The van der Waals surface area contributed by atoms with Crippen LogP contribution in [0.5, 0.6) is 11.5 Å². The highest BCUT2D eigenvalue weighted by Crippen LogP contribution is 2.32. The van der Waals surface area contributed by atoms with Crippen LogP contribution in [0.25, 0.3) is 17.0 Å². The van der Waals surface area contributed by atoms with Crippen molar-refractivity contribution < 1.29 is 14.3 Å². The van der Waals surface area contributed by atoms with Crippen LogP contribution in [0, 0.1) is 6.92 Å². The Morgan fingerprint density at radius 1 is 1.12 bits per heavy atom. The maximum atomic E-state index is 12.3. The molecular weight excluding hydrogens is 316 g/mol. The van der Waals surface area contributed by atoms with Gasteiger partial charge in [0.05, 0.1) is 11.2 Å². The van der Waals surface area contributed by atoms with Crippen LogP contribution in [0.4, 0.5) is 5.69 Å². The Morgan fingerprint density at radius 2 is 2.00 bits per heavy atom. The fourth-order valence-corrected chi connectivity index (χ4v) is 2.71. The number of nitrogens with one attached hydrogen (secondary N) is 1. The molecule has 0 fully saturated rings. The predicted octanol–water partition coefficient (Wildman–Crippen LogP) is 3.92. The van der Waals surface area contributed by atoms with Crippen LogP contribution in [-0.4, -0.2) is 17.7 Å². The standard InChI is InChI=1S/C20H16N2O3/c1-13-5-8-15-3-2-4-16(20(15)21-13)22-19(23)10-7-14-6-9-17-18(11-14)25-12-24-17/h2-11H,12H2,1H3,(H,22,23)/b10-7+. The molecule has 1 amide bonds. The fourth-order valence-electron chi connectivity index (χ4n) is 2.71. The van der Waals surface area contributed by atoms with E-state index in [0.29, 0.717) is 11.4 Å². The van der Waals surface area contributed by atoms with E-state index >= 15 is 0 Å². The maximum absolute atomic E-state index is 12.3. The second-order valence-corrected chi connectivity index (χ2v) is 5.77. The Hall–Kier alpha value is -3.34. The topological polar surface area (TPSA) is 60.5 Å². The lowest BCUT2D eigenvalue weighted by Crippen LogP contribution is -2.08. The minimum Gasteiger partial charge on any atom is -0.454 e. The van der Waals surface area contributed by atoms with E-state index in [4.69, 9.17) is 9.47 Å². The molecule has 0 bridgehead atoms. The number of nitrogens with zero attached hydrogens (tertiary/aromatic N) is 1. The number of carbonyl (C=O) groups excluding carboxylic acids is 1. The first kappa shape index (κ1) is 15.2. The predicted molar refractivity (Wildman–Crippen MR) is 96.7 cm³/mol. The Bertz CT molecular complexity index is 995. The van der Waals surface area contributed by atoms with Crippen LogP contribution in [0.15, 0.2) is 54.6 Å². The highest BCUT2D eigenvalue weighted by Gasteiger charge is 2.12. The number of benzene rings is 2. The second kappa shape index (κ2) is 6.28. The summed E-state index contributed by atoms with van der Waals surface area (Å²) in [5, 5.41) is 3.88. The lowest BCUT2D eigenvalue weighted by molar-refractivity contribution is -0.111. The molecule has 1 aliphatic rings. The second-order valence-electron chi connectivity index (χ2n) is 5.77. The molecule has 2 aromatic carbocycles. The zero-order valence-electron chi connectivity index (χ0n) is 13.7. The van der Waals surface area contributed by atoms with Crippen molar-refractivity contribution >= 4 is 28.6 Å². The van der Waals surface area contributed by atoms with Crippen molar-refractivity contribution in [3.05, 3.63) is 65.9 Å². The summed E-state index contributed by atoms with van der Waals surface area (Å²) in [6.07, 6.45) is 3.23. The van der Waals surface area contributed by atoms with Gasteiger partial charge in [0.15, 0.2) is 11.5 Å². The van der Waals surface area contributed by atoms with Crippen molar-refractivity contribution in [3.63, 3.8) is 0 Å². The van der Waals surface area contributed by atoms with Crippen LogP contribution < -0.4 is 14.8 Å². The SMILES string of the molecule is Cc1ccc2cccc(NC(=O)/C=C/c3ccc4c(c3)OCO4)c2n1. The molecule has 0 unspecified atom stereocenters. The molecule has 124 valence electrons. The number of amides is 1. The molecule has 1 aliphatic heterocycles. The van der Waals surface area contributed by atoms with Gasteiger partial charge in [-0.25, -0.2) is 0 Å². The zero-order chi connectivity index (χ0) is 17.2. The van der Waals surface area contributed by atoms with E-state index in [0.717, 1.165) is 27.9 Å². The van der Waals surface area contributed by atoms with E-state index in [-0.39, 0.29) is 12.7 Å². The van der Waals surface area contributed by atoms with E-state index in [1.54, 1.807) is 6.08 Å². The summed E-state index contributed by atoms with van der Waals surface area (Å²) in [5.74, 6) is 1.20. The third-order valence-corrected chi connectivity index (χ3v) is 3.94. The molecule has 3 aromatic rings. The van der Waals surface area contributed by atoms with Crippen molar-refractivity contribution in [2.24, 2.45) is 0 Å². The van der Waals surface area contributed by atoms with Gasteiger partial charge in [-0.2, -0.15) is 0 Å².